The molecule has 0 radical (unpaired) electrons. The Morgan fingerprint density at radius 2 is 2.24 bits per heavy atom. The number of nitrogens with zero attached hydrogens (tertiary/aromatic N) is 2. The molecule has 116 valence electrons. The van der Waals surface area contributed by atoms with Crippen LogP contribution in [0.25, 0.3) is 0 Å². The first-order chi connectivity index (χ1) is 9.86. The average Bonchev–Trinajstić information content (AvgIpc) is 3.01. The van der Waals surface area contributed by atoms with Crippen LogP contribution in [0.2, 0.25) is 0 Å². The van der Waals surface area contributed by atoms with Crippen molar-refractivity contribution in [3.8, 4) is 0 Å². The molecule has 21 heavy (non-hydrogen) atoms. The number of hydrogen-bond acceptors (Lipinski definition) is 4. The summed E-state index contributed by atoms with van der Waals surface area (Å²) in [6.45, 7) is 7.60. The number of rotatable bonds is 3. The van der Waals surface area contributed by atoms with Crippen molar-refractivity contribution in [3.63, 3.8) is 0 Å². The van der Waals surface area contributed by atoms with Gasteiger partial charge in [0.05, 0.1) is 12.7 Å². The summed E-state index contributed by atoms with van der Waals surface area (Å²) in [6, 6.07) is -0.373. The highest BCUT2D eigenvalue weighted by Crippen LogP contribution is 2.42. The van der Waals surface area contributed by atoms with E-state index >= 15 is 0 Å². The van der Waals surface area contributed by atoms with Gasteiger partial charge in [-0.2, -0.15) is 0 Å². The van der Waals surface area contributed by atoms with E-state index in [1.54, 1.807) is 6.20 Å². The van der Waals surface area contributed by atoms with Crippen LogP contribution in [0.15, 0.2) is 10.6 Å². The normalized spacial score (nSPS) is 29.8. The van der Waals surface area contributed by atoms with Gasteiger partial charge in [0, 0.05) is 12.0 Å². The molecular formula is C16H24N2O3. The smallest absolute Gasteiger partial charge is 0.321 e. The van der Waals surface area contributed by atoms with Gasteiger partial charge in [-0.3, -0.25) is 9.69 Å². The lowest BCUT2D eigenvalue weighted by Crippen LogP contribution is -2.39. The van der Waals surface area contributed by atoms with E-state index in [-0.39, 0.29) is 11.5 Å². The molecule has 1 saturated carbocycles. The number of carboxylic acid groups (broad SMARTS) is 1. The number of carboxylic acids is 1. The third kappa shape index (κ3) is 2.71. The van der Waals surface area contributed by atoms with E-state index in [9.17, 15) is 9.90 Å². The summed E-state index contributed by atoms with van der Waals surface area (Å²) in [4.78, 5) is 18.0. The van der Waals surface area contributed by atoms with Gasteiger partial charge < -0.3 is 9.52 Å². The van der Waals surface area contributed by atoms with Crippen LogP contribution in [0.1, 0.15) is 51.7 Å². The fraction of sp³-hybridized carbons (Fsp3) is 0.750. The molecule has 2 fully saturated rings. The standard InChI is InChI=1S/C16H24N2O3/c1-16(2,3)12-7-17-13(21-12)9-18-8-10-5-4-6-11(10)14(18)15(19)20/h7,10-11,14H,4-6,8-9H2,1-3H3,(H,19,20). The molecule has 1 aliphatic heterocycles. The highest BCUT2D eigenvalue weighted by molar-refractivity contribution is 5.74. The lowest BCUT2D eigenvalue weighted by molar-refractivity contribution is -0.143. The number of oxazole rings is 1. The molecule has 3 atom stereocenters. The van der Waals surface area contributed by atoms with Crippen molar-refractivity contribution in [2.45, 2.75) is 58.0 Å². The second-order valence-corrected chi connectivity index (χ2v) is 7.44. The first kappa shape index (κ1) is 14.6. The minimum absolute atomic E-state index is 0.0705. The maximum Gasteiger partial charge on any atom is 0.321 e. The fourth-order valence-electron chi connectivity index (χ4n) is 3.80. The maximum atomic E-state index is 11.6. The third-order valence-corrected chi connectivity index (χ3v) is 4.87. The Balaban J connectivity index is 1.75. The molecule has 3 rings (SSSR count). The first-order valence-corrected chi connectivity index (χ1v) is 7.78. The molecule has 1 N–H and O–H groups in total. The van der Waals surface area contributed by atoms with Gasteiger partial charge in [-0.05, 0) is 24.7 Å². The average molecular weight is 292 g/mol. The van der Waals surface area contributed by atoms with Gasteiger partial charge in [0.2, 0.25) is 5.89 Å². The van der Waals surface area contributed by atoms with Crippen LogP contribution >= 0.6 is 0 Å². The quantitative estimate of drug-likeness (QED) is 0.927. The van der Waals surface area contributed by atoms with Crippen molar-refractivity contribution in [1.29, 1.82) is 0 Å². The molecular weight excluding hydrogens is 268 g/mol. The molecule has 0 bridgehead atoms. The van der Waals surface area contributed by atoms with Gasteiger partial charge in [-0.15, -0.1) is 0 Å². The Morgan fingerprint density at radius 3 is 2.86 bits per heavy atom. The summed E-state index contributed by atoms with van der Waals surface area (Å²) in [5.74, 6) is 1.62. The van der Waals surface area contributed by atoms with E-state index < -0.39 is 5.97 Å². The number of fused-ring (bicyclic) bond motifs is 1. The molecule has 2 heterocycles. The summed E-state index contributed by atoms with van der Waals surface area (Å²) >= 11 is 0. The fourth-order valence-corrected chi connectivity index (χ4v) is 3.80. The molecule has 0 amide bonds. The Morgan fingerprint density at radius 1 is 1.48 bits per heavy atom. The van der Waals surface area contributed by atoms with Crippen molar-refractivity contribution in [2.75, 3.05) is 6.54 Å². The molecule has 1 aromatic heterocycles. The Hall–Kier alpha value is -1.36. The zero-order chi connectivity index (χ0) is 15.2. The lowest BCUT2D eigenvalue weighted by Gasteiger charge is -2.22. The zero-order valence-corrected chi connectivity index (χ0v) is 13.0. The summed E-state index contributed by atoms with van der Waals surface area (Å²) in [5, 5.41) is 9.55. The molecule has 1 aromatic rings. The predicted molar refractivity (Wildman–Crippen MR) is 77.9 cm³/mol. The van der Waals surface area contributed by atoms with Gasteiger partial charge in [-0.1, -0.05) is 27.2 Å². The first-order valence-electron chi connectivity index (χ1n) is 7.78. The van der Waals surface area contributed by atoms with Crippen LogP contribution in [-0.4, -0.2) is 33.5 Å². The molecule has 5 heteroatoms. The molecule has 0 spiro atoms. The third-order valence-electron chi connectivity index (χ3n) is 4.87. The number of carbonyl (C=O) groups is 1. The van der Waals surface area contributed by atoms with Crippen LogP contribution in [0.3, 0.4) is 0 Å². The second kappa shape index (κ2) is 5.13. The monoisotopic (exact) mass is 292 g/mol. The van der Waals surface area contributed by atoms with Gasteiger partial charge in [-0.25, -0.2) is 4.98 Å². The highest BCUT2D eigenvalue weighted by Gasteiger charge is 2.47. The van der Waals surface area contributed by atoms with Crippen molar-refractivity contribution in [2.24, 2.45) is 11.8 Å². The van der Waals surface area contributed by atoms with Crippen molar-refractivity contribution in [3.05, 3.63) is 17.8 Å². The number of aromatic nitrogens is 1. The van der Waals surface area contributed by atoms with Crippen LogP contribution in [0.4, 0.5) is 0 Å². The molecule has 1 aliphatic carbocycles. The van der Waals surface area contributed by atoms with Crippen molar-refractivity contribution < 1.29 is 14.3 Å². The van der Waals surface area contributed by atoms with Gasteiger partial charge in [0.15, 0.2) is 0 Å². The van der Waals surface area contributed by atoms with E-state index in [4.69, 9.17) is 4.42 Å². The lowest BCUT2D eigenvalue weighted by atomic mass is 9.94. The number of hydrogen-bond donors (Lipinski definition) is 1. The highest BCUT2D eigenvalue weighted by atomic mass is 16.4. The van der Waals surface area contributed by atoms with Crippen LogP contribution in [0, 0.1) is 11.8 Å². The molecule has 3 unspecified atom stereocenters. The van der Waals surface area contributed by atoms with Crippen molar-refractivity contribution >= 4 is 5.97 Å². The number of likely N-dealkylation sites (tertiary alicyclic amines) is 1. The van der Waals surface area contributed by atoms with Gasteiger partial charge in [0.25, 0.3) is 0 Å². The minimum atomic E-state index is -0.702. The van der Waals surface area contributed by atoms with Gasteiger partial charge >= 0.3 is 5.97 Å². The zero-order valence-electron chi connectivity index (χ0n) is 13.0. The number of aliphatic carboxylic acids is 1. The van der Waals surface area contributed by atoms with E-state index in [1.807, 2.05) is 4.90 Å². The summed E-state index contributed by atoms with van der Waals surface area (Å²) in [7, 11) is 0. The van der Waals surface area contributed by atoms with E-state index in [0.717, 1.165) is 25.1 Å². The molecule has 0 aromatic carbocycles. The Bertz CT molecular complexity index is 532. The van der Waals surface area contributed by atoms with Crippen LogP contribution in [0.5, 0.6) is 0 Å². The summed E-state index contributed by atoms with van der Waals surface area (Å²) in [5.41, 5.74) is -0.0705. The SMILES string of the molecule is CC(C)(C)c1cnc(CN2CC3CCCC3C2C(=O)O)o1. The predicted octanol–water partition coefficient (Wildman–Crippen LogP) is 2.66. The van der Waals surface area contributed by atoms with Crippen LogP contribution < -0.4 is 0 Å². The van der Waals surface area contributed by atoms with Gasteiger partial charge in [0.1, 0.15) is 11.8 Å². The molecule has 5 nitrogen and oxygen atoms in total. The minimum Gasteiger partial charge on any atom is -0.480 e. The summed E-state index contributed by atoms with van der Waals surface area (Å²) < 4.78 is 5.81. The Kier molecular flexibility index (Phi) is 3.56. The van der Waals surface area contributed by atoms with Crippen LogP contribution in [-0.2, 0) is 16.8 Å². The Labute approximate surface area is 125 Å². The van der Waals surface area contributed by atoms with E-state index in [0.29, 0.717) is 24.3 Å². The largest absolute Gasteiger partial charge is 0.480 e. The summed E-state index contributed by atoms with van der Waals surface area (Å²) in [6.07, 6.45) is 5.13. The maximum absolute atomic E-state index is 11.6. The van der Waals surface area contributed by atoms with E-state index in [1.165, 1.54) is 6.42 Å². The van der Waals surface area contributed by atoms with E-state index in [2.05, 4.69) is 25.8 Å². The molecule has 1 saturated heterocycles. The topological polar surface area (TPSA) is 66.6 Å². The van der Waals surface area contributed by atoms with Crippen molar-refractivity contribution in [1.82, 2.24) is 9.88 Å². The second-order valence-electron chi connectivity index (χ2n) is 7.44. The molecule has 2 aliphatic rings.